The molecule has 0 aliphatic carbocycles. The van der Waals surface area contributed by atoms with Crippen molar-refractivity contribution in [3.05, 3.63) is 58.1 Å². The number of rotatable bonds is 2. The van der Waals surface area contributed by atoms with E-state index in [0.717, 1.165) is 5.56 Å². The van der Waals surface area contributed by atoms with Crippen LogP contribution in [-0.4, -0.2) is 21.6 Å². The highest BCUT2D eigenvalue weighted by Crippen LogP contribution is 2.45. The van der Waals surface area contributed by atoms with Gasteiger partial charge in [-0.3, -0.25) is 14.8 Å². The largest absolute Gasteiger partial charge is 0.332 e. The SMILES string of the molecule is O=C1CSC(c2cnccn2)(c2ccc(Cl)cc2Cl)N1. The second kappa shape index (κ2) is 5.24. The summed E-state index contributed by atoms with van der Waals surface area (Å²) in [7, 11) is 0. The van der Waals surface area contributed by atoms with Crippen molar-refractivity contribution in [2.24, 2.45) is 0 Å². The van der Waals surface area contributed by atoms with Crippen LogP contribution in [0, 0.1) is 0 Å². The second-order valence-electron chi connectivity index (χ2n) is 4.23. The van der Waals surface area contributed by atoms with Crippen LogP contribution >= 0.6 is 35.0 Å². The van der Waals surface area contributed by atoms with Crippen molar-refractivity contribution in [2.75, 3.05) is 5.75 Å². The van der Waals surface area contributed by atoms with Gasteiger partial charge in [0.1, 0.15) is 0 Å². The number of nitrogens with zero attached hydrogens (tertiary/aromatic N) is 2. The highest BCUT2D eigenvalue weighted by molar-refractivity contribution is 8.01. The maximum absolute atomic E-state index is 11.7. The Hall–Kier alpha value is -1.30. The fourth-order valence-corrected chi connectivity index (χ4v) is 3.92. The van der Waals surface area contributed by atoms with Crippen LogP contribution in [0.15, 0.2) is 36.8 Å². The molecule has 3 rings (SSSR count). The van der Waals surface area contributed by atoms with Gasteiger partial charge in [-0.15, -0.1) is 11.8 Å². The highest BCUT2D eigenvalue weighted by atomic mass is 35.5. The molecule has 1 saturated heterocycles. The van der Waals surface area contributed by atoms with E-state index in [0.29, 0.717) is 21.5 Å². The van der Waals surface area contributed by atoms with Gasteiger partial charge in [-0.1, -0.05) is 29.3 Å². The summed E-state index contributed by atoms with van der Waals surface area (Å²) < 4.78 is 0. The number of nitrogens with one attached hydrogen (secondary N) is 1. The van der Waals surface area contributed by atoms with Gasteiger partial charge in [0, 0.05) is 28.0 Å². The lowest BCUT2D eigenvalue weighted by atomic mass is 10.0. The smallest absolute Gasteiger partial charge is 0.231 e. The van der Waals surface area contributed by atoms with Crippen LogP contribution in [0.5, 0.6) is 0 Å². The summed E-state index contributed by atoms with van der Waals surface area (Å²) in [6, 6.07) is 5.20. The molecule has 0 spiro atoms. The van der Waals surface area contributed by atoms with Crippen LogP contribution in [-0.2, 0) is 9.67 Å². The van der Waals surface area contributed by atoms with Crippen molar-refractivity contribution in [1.82, 2.24) is 15.3 Å². The van der Waals surface area contributed by atoms with Gasteiger partial charge in [-0.2, -0.15) is 0 Å². The maximum Gasteiger partial charge on any atom is 0.231 e. The Morgan fingerprint density at radius 1 is 1.30 bits per heavy atom. The topological polar surface area (TPSA) is 54.9 Å². The molecule has 1 aliphatic rings. The molecule has 4 nitrogen and oxygen atoms in total. The zero-order valence-corrected chi connectivity index (χ0v) is 12.5. The predicted molar refractivity (Wildman–Crippen MR) is 79.9 cm³/mol. The normalized spacial score (nSPS) is 21.8. The van der Waals surface area contributed by atoms with Crippen LogP contribution in [0.2, 0.25) is 10.0 Å². The van der Waals surface area contributed by atoms with Crippen molar-refractivity contribution in [3.63, 3.8) is 0 Å². The van der Waals surface area contributed by atoms with Crippen molar-refractivity contribution in [1.29, 1.82) is 0 Å². The monoisotopic (exact) mass is 325 g/mol. The van der Waals surface area contributed by atoms with Crippen molar-refractivity contribution >= 4 is 40.9 Å². The fraction of sp³-hybridized carbons (Fsp3) is 0.154. The van der Waals surface area contributed by atoms with Crippen LogP contribution < -0.4 is 5.32 Å². The number of carbonyl (C=O) groups is 1. The molecule has 1 atom stereocenters. The standard InChI is InChI=1S/C13H9Cl2N3OS/c14-8-1-2-9(10(15)5-8)13(18-12(19)7-20-13)11-6-16-3-4-17-11/h1-6H,7H2,(H,18,19). The van der Waals surface area contributed by atoms with E-state index in [2.05, 4.69) is 15.3 Å². The number of hydrogen-bond donors (Lipinski definition) is 1. The van der Waals surface area contributed by atoms with E-state index < -0.39 is 4.87 Å². The molecule has 1 aliphatic heterocycles. The Labute approximate surface area is 129 Å². The van der Waals surface area contributed by atoms with E-state index in [-0.39, 0.29) is 5.91 Å². The molecule has 7 heteroatoms. The molecule has 1 aromatic carbocycles. The van der Waals surface area contributed by atoms with Gasteiger partial charge in [-0.05, 0) is 12.1 Å². The molecule has 1 unspecified atom stereocenters. The number of benzene rings is 1. The van der Waals surface area contributed by atoms with Gasteiger partial charge in [0.25, 0.3) is 0 Å². The summed E-state index contributed by atoms with van der Waals surface area (Å²) in [4.78, 5) is 19.3. The second-order valence-corrected chi connectivity index (χ2v) is 6.27. The first-order chi connectivity index (χ1) is 9.62. The minimum atomic E-state index is -0.812. The zero-order chi connectivity index (χ0) is 14.2. The molecule has 1 aromatic heterocycles. The van der Waals surface area contributed by atoms with E-state index in [4.69, 9.17) is 23.2 Å². The lowest BCUT2D eigenvalue weighted by molar-refractivity contribution is -0.118. The molecule has 2 heterocycles. The summed E-state index contributed by atoms with van der Waals surface area (Å²) in [5.74, 6) is 0.280. The zero-order valence-electron chi connectivity index (χ0n) is 10.1. The van der Waals surface area contributed by atoms with Crippen LogP contribution in [0.4, 0.5) is 0 Å². The van der Waals surface area contributed by atoms with E-state index >= 15 is 0 Å². The van der Waals surface area contributed by atoms with Gasteiger partial charge in [0.2, 0.25) is 5.91 Å². The number of halogens is 2. The van der Waals surface area contributed by atoms with E-state index in [1.165, 1.54) is 11.8 Å². The summed E-state index contributed by atoms with van der Waals surface area (Å²) in [6.45, 7) is 0. The van der Waals surface area contributed by atoms with Gasteiger partial charge in [0.05, 0.1) is 17.6 Å². The van der Waals surface area contributed by atoms with E-state index in [9.17, 15) is 4.79 Å². The first-order valence-corrected chi connectivity index (χ1v) is 7.53. The lowest BCUT2D eigenvalue weighted by Gasteiger charge is -2.28. The van der Waals surface area contributed by atoms with E-state index in [1.54, 1.807) is 36.8 Å². The summed E-state index contributed by atoms with van der Waals surface area (Å²) in [5.41, 5.74) is 1.39. The van der Waals surface area contributed by atoms with Gasteiger partial charge < -0.3 is 5.32 Å². The molecular formula is C13H9Cl2N3OS. The Morgan fingerprint density at radius 3 is 2.75 bits per heavy atom. The van der Waals surface area contributed by atoms with Gasteiger partial charge in [-0.25, -0.2) is 0 Å². The first kappa shape index (κ1) is 13.7. The predicted octanol–water partition coefficient (Wildman–Crippen LogP) is 2.85. The molecule has 0 bridgehead atoms. The molecule has 1 N–H and O–H groups in total. The molecule has 20 heavy (non-hydrogen) atoms. The molecule has 0 radical (unpaired) electrons. The van der Waals surface area contributed by atoms with Gasteiger partial charge >= 0.3 is 0 Å². The Balaban J connectivity index is 2.19. The average molecular weight is 326 g/mol. The minimum Gasteiger partial charge on any atom is -0.332 e. The molecule has 0 saturated carbocycles. The Morgan fingerprint density at radius 2 is 2.15 bits per heavy atom. The lowest BCUT2D eigenvalue weighted by Crippen LogP contribution is -2.39. The number of hydrogen-bond acceptors (Lipinski definition) is 4. The highest BCUT2D eigenvalue weighted by Gasteiger charge is 2.44. The fourth-order valence-electron chi connectivity index (χ4n) is 2.12. The van der Waals surface area contributed by atoms with Crippen LogP contribution in [0.25, 0.3) is 0 Å². The van der Waals surface area contributed by atoms with Crippen LogP contribution in [0.3, 0.4) is 0 Å². The molecule has 102 valence electrons. The number of amides is 1. The van der Waals surface area contributed by atoms with E-state index in [1.807, 2.05) is 0 Å². The Kier molecular flexibility index (Phi) is 3.58. The maximum atomic E-state index is 11.7. The van der Waals surface area contributed by atoms with Crippen molar-refractivity contribution in [3.8, 4) is 0 Å². The number of carbonyl (C=O) groups excluding carboxylic acids is 1. The molecule has 1 fully saturated rings. The number of aromatic nitrogens is 2. The van der Waals surface area contributed by atoms with Gasteiger partial charge in [0.15, 0.2) is 4.87 Å². The molecule has 2 aromatic rings. The Bertz CT molecular complexity index is 668. The summed E-state index contributed by atoms with van der Waals surface area (Å²) >= 11 is 13.7. The summed E-state index contributed by atoms with van der Waals surface area (Å²) in [6.07, 6.45) is 4.80. The molecular weight excluding hydrogens is 317 g/mol. The summed E-state index contributed by atoms with van der Waals surface area (Å²) in [5, 5.41) is 3.98. The first-order valence-electron chi connectivity index (χ1n) is 5.79. The average Bonchev–Trinajstić information content (AvgIpc) is 2.83. The van der Waals surface area contributed by atoms with Crippen molar-refractivity contribution in [2.45, 2.75) is 4.87 Å². The molecule has 1 amide bonds. The minimum absolute atomic E-state index is 0.0633. The van der Waals surface area contributed by atoms with Crippen molar-refractivity contribution < 1.29 is 4.79 Å². The third kappa shape index (κ3) is 2.26. The third-order valence-electron chi connectivity index (χ3n) is 2.97. The quantitative estimate of drug-likeness (QED) is 0.922. The number of thioether (sulfide) groups is 1. The third-order valence-corrected chi connectivity index (χ3v) is 4.89. The van der Waals surface area contributed by atoms with Crippen LogP contribution in [0.1, 0.15) is 11.3 Å².